The van der Waals surface area contributed by atoms with Crippen LogP contribution in [0.2, 0.25) is 0 Å². The molecule has 0 spiro atoms. The van der Waals surface area contributed by atoms with Crippen LogP contribution in [-0.2, 0) is 5.41 Å². The van der Waals surface area contributed by atoms with Crippen molar-refractivity contribution >= 4 is 5.97 Å². The largest absolute Gasteiger partial charge is 0.475 e. The highest BCUT2D eigenvalue weighted by molar-refractivity contribution is 5.83. The number of aromatic nitrogens is 3. The van der Waals surface area contributed by atoms with E-state index in [1.807, 2.05) is 20.8 Å². The zero-order valence-electron chi connectivity index (χ0n) is 11.8. The van der Waals surface area contributed by atoms with E-state index >= 15 is 0 Å². The Morgan fingerprint density at radius 1 is 1.43 bits per heavy atom. The Labute approximate surface area is 120 Å². The molecule has 0 saturated heterocycles. The standard InChI is InChI=1S/C14H13FN4O2/c1-14(2,3)13-17-11(12(20)21)18-19(13)9-4-5-10(15)8(6-9)7-16/h4-6H,1-3H3,(H,20,21). The molecule has 0 atom stereocenters. The van der Waals surface area contributed by atoms with Crippen molar-refractivity contribution < 1.29 is 14.3 Å². The topological polar surface area (TPSA) is 91.8 Å². The van der Waals surface area contributed by atoms with Gasteiger partial charge >= 0.3 is 5.97 Å². The van der Waals surface area contributed by atoms with Gasteiger partial charge in [-0.05, 0) is 18.2 Å². The summed E-state index contributed by atoms with van der Waals surface area (Å²) in [5.41, 5.74) is -0.223. The van der Waals surface area contributed by atoms with Gasteiger partial charge < -0.3 is 5.11 Å². The molecule has 7 heteroatoms. The van der Waals surface area contributed by atoms with E-state index in [0.717, 1.165) is 6.07 Å². The molecule has 1 aromatic heterocycles. The summed E-state index contributed by atoms with van der Waals surface area (Å²) in [6.07, 6.45) is 0. The first-order valence-electron chi connectivity index (χ1n) is 6.15. The maximum absolute atomic E-state index is 13.4. The number of benzene rings is 1. The normalized spacial score (nSPS) is 11.2. The number of nitrogens with zero attached hydrogens (tertiary/aromatic N) is 4. The number of nitriles is 1. The second kappa shape index (κ2) is 4.98. The molecule has 0 bridgehead atoms. The predicted molar refractivity (Wildman–Crippen MR) is 71.7 cm³/mol. The highest BCUT2D eigenvalue weighted by atomic mass is 19.1. The lowest BCUT2D eigenvalue weighted by molar-refractivity contribution is 0.0683. The second-order valence-corrected chi connectivity index (χ2v) is 5.50. The summed E-state index contributed by atoms with van der Waals surface area (Å²) in [4.78, 5) is 15.1. The van der Waals surface area contributed by atoms with Crippen molar-refractivity contribution in [3.05, 3.63) is 41.2 Å². The Morgan fingerprint density at radius 2 is 2.10 bits per heavy atom. The van der Waals surface area contributed by atoms with Crippen molar-refractivity contribution in [2.45, 2.75) is 26.2 Å². The summed E-state index contributed by atoms with van der Waals surface area (Å²) in [6, 6.07) is 5.61. The van der Waals surface area contributed by atoms with E-state index in [1.54, 1.807) is 6.07 Å². The van der Waals surface area contributed by atoms with Crippen molar-refractivity contribution in [3.8, 4) is 11.8 Å². The maximum atomic E-state index is 13.4. The molecule has 0 amide bonds. The monoisotopic (exact) mass is 288 g/mol. The van der Waals surface area contributed by atoms with Gasteiger partial charge in [0.15, 0.2) is 0 Å². The number of aromatic carboxylic acids is 1. The van der Waals surface area contributed by atoms with Crippen molar-refractivity contribution in [3.63, 3.8) is 0 Å². The van der Waals surface area contributed by atoms with Crippen LogP contribution in [0.4, 0.5) is 4.39 Å². The van der Waals surface area contributed by atoms with Gasteiger partial charge in [0.2, 0.25) is 0 Å². The number of rotatable bonds is 2. The molecule has 0 saturated carbocycles. The first-order valence-corrected chi connectivity index (χ1v) is 6.15. The van der Waals surface area contributed by atoms with Gasteiger partial charge in [0.25, 0.3) is 5.82 Å². The first-order chi connectivity index (χ1) is 9.74. The van der Waals surface area contributed by atoms with Crippen LogP contribution < -0.4 is 0 Å². The minimum atomic E-state index is -1.25. The molecule has 1 aromatic carbocycles. The van der Waals surface area contributed by atoms with Crippen LogP contribution in [0.15, 0.2) is 18.2 Å². The van der Waals surface area contributed by atoms with Gasteiger partial charge in [-0.15, -0.1) is 5.10 Å². The molecular formula is C14H13FN4O2. The summed E-state index contributed by atoms with van der Waals surface area (Å²) in [5, 5.41) is 21.8. The van der Waals surface area contributed by atoms with Crippen LogP contribution in [-0.4, -0.2) is 25.8 Å². The summed E-state index contributed by atoms with van der Waals surface area (Å²) in [7, 11) is 0. The fourth-order valence-electron chi connectivity index (χ4n) is 1.80. The van der Waals surface area contributed by atoms with Crippen LogP contribution in [0.25, 0.3) is 5.69 Å². The molecule has 0 fully saturated rings. The Bertz CT molecular complexity index is 753. The Morgan fingerprint density at radius 3 is 2.62 bits per heavy atom. The molecule has 0 aliphatic rings. The molecule has 0 radical (unpaired) electrons. The first kappa shape index (κ1) is 14.7. The predicted octanol–water partition coefficient (Wildman–Crippen LogP) is 2.27. The van der Waals surface area contributed by atoms with Crippen LogP contribution in [0, 0.1) is 17.1 Å². The van der Waals surface area contributed by atoms with Crippen LogP contribution in [0.1, 0.15) is 42.8 Å². The van der Waals surface area contributed by atoms with Gasteiger partial charge in [-0.3, -0.25) is 0 Å². The highest BCUT2D eigenvalue weighted by Gasteiger charge is 2.26. The Kier molecular flexibility index (Phi) is 3.47. The number of halogens is 1. The smallest absolute Gasteiger partial charge is 0.375 e. The minimum Gasteiger partial charge on any atom is -0.475 e. The van der Waals surface area contributed by atoms with E-state index in [1.165, 1.54) is 16.8 Å². The lowest BCUT2D eigenvalue weighted by atomic mass is 9.95. The molecule has 1 N–H and O–H groups in total. The van der Waals surface area contributed by atoms with Crippen molar-refractivity contribution in [1.82, 2.24) is 14.8 Å². The summed E-state index contributed by atoms with van der Waals surface area (Å²) < 4.78 is 14.7. The van der Waals surface area contributed by atoms with E-state index in [4.69, 9.17) is 10.4 Å². The Hall–Kier alpha value is -2.75. The van der Waals surface area contributed by atoms with E-state index in [2.05, 4.69) is 10.1 Å². The fraction of sp³-hybridized carbons (Fsp3) is 0.286. The Balaban J connectivity index is 2.68. The van der Waals surface area contributed by atoms with Crippen molar-refractivity contribution in [1.29, 1.82) is 5.26 Å². The lowest BCUT2D eigenvalue weighted by Gasteiger charge is -2.18. The highest BCUT2D eigenvalue weighted by Crippen LogP contribution is 2.24. The molecular weight excluding hydrogens is 275 g/mol. The molecule has 108 valence electrons. The second-order valence-electron chi connectivity index (χ2n) is 5.50. The molecule has 6 nitrogen and oxygen atoms in total. The quantitative estimate of drug-likeness (QED) is 0.915. The lowest BCUT2D eigenvalue weighted by Crippen LogP contribution is -2.19. The number of carboxylic acid groups (broad SMARTS) is 1. The number of carbonyl (C=O) groups is 1. The molecule has 21 heavy (non-hydrogen) atoms. The zero-order valence-corrected chi connectivity index (χ0v) is 11.8. The number of carboxylic acids is 1. The molecule has 0 aliphatic carbocycles. The van der Waals surface area contributed by atoms with E-state index < -0.39 is 17.2 Å². The zero-order chi connectivity index (χ0) is 15.8. The van der Waals surface area contributed by atoms with Crippen LogP contribution in [0.5, 0.6) is 0 Å². The van der Waals surface area contributed by atoms with Crippen LogP contribution in [0.3, 0.4) is 0 Å². The van der Waals surface area contributed by atoms with Gasteiger partial charge in [0, 0.05) is 5.41 Å². The number of hydrogen-bond acceptors (Lipinski definition) is 4. The van der Waals surface area contributed by atoms with Gasteiger partial charge in [0.1, 0.15) is 17.7 Å². The van der Waals surface area contributed by atoms with E-state index in [9.17, 15) is 9.18 Å². The summed E-state index contributed by atoms with van der Waals surface area (Å²) >= 11 is 0. The van der Waals surface area contributed by atoms with Gasteiger partial charge in [-0.25, -0.2) is 18.9 Å². The average molecular weight is 288 g/mol. The average Bonchev–Trinajstić information content (AvgIpc) is 2.84. The van der Waals surface area contributed by atoms with Gasteiger partial charge in [-0.1, -0.05) is 20.8 Å². The van der Waals surface area contributed by atoms with Crippen molar-refractivity contribution in [2.75, 3.05) is 0 Å². The fourth-order valence-corrected chi connectivity index (χ4v) is 1.80. The van der Waals surface area contributed by atoms with Gasteiger partial charge in [0.05, 0.1) is 11.3 Å². The molecule has 2 aromatic rings. The summed E-state index contributed by atoms with van der Waals surface area (Å²) in [6.45, 7) is 5.57. The number of hydrogen-bond donors (Lipinski definition) is 1. The third-order valence-electron chi connectivity index (χ3n) is 2.78. The van der Waals surface area contributed by atoms with E-state index in [-0.39, 0.29) is 11.4 Å². The molecule has 1 heterocycles. The third kappa shape index (κ3) is 2.74. The third-order valence-corrected chi connectivity index (χ3v) is 2.78. The minimum absolute atomic E-state index is 0.139. The van der Waals surface area contributed by atoms with Crippen LogP contribution >= 0.6 is 0 Å². The molecule has 0 aliphatic heterocycles. The SMILES string of the molecule is CC(C)(C)c1nc(C(=O)O)nn1-c1ccc(F)c(C#N)c1. The summed E-state index contributed by atoms with van der Waals surface area (Å²) in [5.74, 6) is -1.82. The molecule has 0 unspecified atom stereocenters. The van der Waals surface area contributed by atoms with Crippen molar-refractivity contribution in [2.24, 2.45) is 0 Å². The van der Waals surface area contributed by atoms with E-state index in [0.29, 0.717) is 11.5 Å². The maximum Gasteiger partial charge on any atom is 0.375 e. The molecule has 2 rings (SSSR count). The van der Waals surface area contributed by atoms with Gasteiger partial charge in [-0.2, -0.15) is 5.26 Å².